The fraction of sp³-hybridized carbons (Fsp3) is 0.941. The second-order valence-corrected chi connectivity index (χ2v) is 7.00. The average molecular weight is 437 g/mol. The molecule has 1 aliphatic heterocycles. The number of β-amino-alcohol motifs (C(OH)–C–C–N with tert-alkyl or cyclic N) is 1. The zero-order valence-corrected chi connectivity index (χ0v) is 16.8. The van der Waals surface area contributed by atoms with Crippen molar-refractivity contribution >= 4 is 29.9 Å². The Labute approximate surface area is 157 Å². The van der Waals surface area contributed by atoms with Crippen molar-refractivity contribution < 1.29 is 9.84 Å². The minimum absolute atomic E-state index is 0. The molecule has 23 heavy (non-hydrogen) atoms. The molecule has 0 amide bonds. The van der Waals surface area contributed by atoms with Gasteiger partial charge in [-0.05, 0) is 39.5 Å². The highest BCUT2D eigenvalue weighted by molar-refractivity contribution is 14.0. The van der Waals surface area contributed by atoms with Crippen LogP contribution in [0.15, 0.2) is 4.99 Å². The van der Waals surface area contributed by atoms with E-state index in [0.29, 0.717) is 24.1 Å². The third kappa shape index (κ3) is 3.79. The highest BCUT2D eigenvalue weighted by atomic mass is 127. The molecule has 2 aliphatic carbocycles. The fourth-order valence-electron chi connectivity index (χ4n) is 4.57. The molecular formula is C17H32IN3O2. The first-order valence-electron chi connectivity index (χ1n) is 9.05. The summed E-state index contributed by atoms with van der Waals surface area (Å²) in [7, 11) is 0. The number of nitrogens with zero attached hydrogens (tertiary/aromatic N) is 2. The summed E-state index contributed by atoms with van der Waals surface area (Å²) in [5, 5.41) is 13.5. The van der Waals surface area contributed by atoms with E-state index in [1.807, 2.05) is 0 Å². The Morgan fingerprint density at radius 1 is 1.35 bits per heavy atom. The van der Waals surface area contributed by atoms with Crippen LogP contribution in [-0.2, 0) is 4.74 Å². The quantitative estimate of drug-likeness (QED) is 0.403. The number of rotatable bonds is 4. The van der Waals surface area contributed by atoms with E-state index >= 15 is 0 Å². The number of ether oxygens (including phenoxy) is 1. The normalized spacial score (nSPS) is 32.7. The highest BCUT2D eigenvalue weighted by Gasteiger charge is 2.57. The molecule has 0 aromatic heterocycles. The number of hydrogen-bond donors (Lipinski definition) is 2. The minimum Gasteiger partial charge on any atom is -0.391 e. The van der Waals surface area contributed by atoms with Crippen molar-refractivity contribution in [3.63, 3.8) is 0 Å². The van der Waals surface area contributed by atoms with Gasteiger partial charge in [-0.2, -0.15) is 0 Å². The van der Waals surface area contributed by atoms with Gasteiger partial charge >= 0.3 is 0 Å². The van der Waals surface area contributed by atoms with E-state index in [0.717, 1.165) is 38.5 Å². The van der Waals surface area contributed by atoms with Crippen LogP contribution in [0.1, 0.15) is 52.4 Å². The van der Waals surface area contributed by atoms with Gasteiger partial charge in [-0.3, -0.25) is 4.99 Å². The van der Waals surface area contributed by atoms with Gasteiger partial charge in [-0.1, -0.05) is 12.8 Å². The van der Waals surface area contributed by atoms with Gasteiger partial charge in [0.25, 0.3) is 0 Å². The topological polar surface area (TPSA) is 57.1 Å². The first kappa shape index (κ1) is 19.2. The molecule has 1 spiro atoms. The standard InChI is InChI=1S/C17H31N3O2.HI/c1-3-18-16(20-10-7-13(21)12-20)19-14-11-15(22-4-2)17(14)8-5-6-9-17;/h13-15,21H,3-12H2,1-2H3,(H,18,19);1H/t13-,14?,15?;/m1./s1. The molecule has 0 radical (unpaired) electrons. The van der Waals surface area contributed by atoms with Gasteiger partial charge in [0.05, 0.1) is 12.2 Å². The lowest BCUT2D eigenvalue weighted by Crippen LogP contribution is -2.65. The zero-order valence-electron chi connectivity index (χ0n) is 14.5. The Bertz CT molecular complexity index is 413. The van der Waals surface area contributed by atoms with E-state index in [1.54, 1.807) is 0 Å². The molecule has 134 valence electrons. The van der Waals surface area contributed by atoms with E-state index in [4.69, 9.17) is 4.74 Å². The molecule has 3 rings (SSSR count). The maximum Gasteiger partial charge on any atom is 0.194 e. The monoisotopic (exact) mass is 437 g/mol. The van der Waals surface area contributed by atoms with Crippen molar-refractivity contribution in [2.45, 2.75) is 70.6 Å². The van der Waals surface area contributed by atoms with Crippen LogP contribution in [-0.4, -0.2) is 60.5 Å². The van der Waals surface area contributed by atoms with Crippen molar-refractivity contribution in [3.8, 4) is 0 Å². The van der Waals surface area contributed by atoms with E-state index in [-0.39, 0.29) is 30.1 Å². The summed E-state index contributed by atoms with van der Waals surface area (Å²) in [6, 6.07) is 0.481. The Hall–Kier alpha value is -0.0800. The molecule has 1 saturated heterocycles. The van der Waals surface area contributed by atoms with Crippen molar-refractivity contribution in [3.05, 3.63) is 0 Å². The van der Waals surface area contributed by atoms with Gasteiger partial charge in [-0.15, -0.1) is 24.0 Å². The van der Waals surface area contributed by atoms with Crippen molar-refractivity contribution in [2.75, 3.05) is 26.2 Å². The van der Waals surface area contributed by atoms with Crippen LogP contribution >= 0.6 is 24.0 Å². The lowest BCUT2D eigenvalue weighted by molar-refractivity contribution is -0.126. The Morgan fingerprint density at radius 3 is 2.65 bits per heavy atom. The van der Waals surface area contributed by atoms with Gasteiger partial charge in [0.1, 0.15) is 0 Å². The van der Waals surface area contributed by atoms with Crippen molar-refractivity contribution in [1.29, 1.82) is 0 Å². The molecular weight excluding hydrogens is 405 g/mol. The largest absolute Gasteiger partial charge is 0.391 e. The highest BCUT2D eigenvalue weighted by Crippen LogP contribution is 2.54. The minimum atomic E-state index is -0.207. The van der Waals surface area contributed by atoms with E-state index < -0.39 is 0 Å². The predicted octanol–water partition coefficient (Wildman–Crippen LogP) is 2.37. The number of halogens is 1. The van der Waals surface area contributed by atoms with E-state index in [1.165, 1.54) is 25.7 Å². The zero-order chi connectivity index (χ0) is 15.6. The molecule has 3 aliphatic rings. The molecule has 5 nitrogen and oxygen atoms in total. The summed E-state index contributed by atoms with van der Waals surface area (Å²) in [6.45, 7) is 7.38. The second-order valence-electron chi connectivity index (χ2n) is 7.00. The van der Waals surface area contributed by atoms with Crippen LogP contribution in [0.4, 0.5) is 0 Å². The molecule has 3 atom stereocenters. The molecule has 0 aromatic rings. The Morgan fingerprint density at radius 2 is 2.09 bits per heavy atom. The Balaban J connectivity index is 0.00000192. The van der Waals surface area contributed by atoms with Crippen LogP contribution in [0.3, 0.4) is 0 Å². The van der Waals surface area contributed by atoms with Crippen molar-refractivity contribution in [2.24, 2.45) is 10.4 Å². The van der Waals surface area contributed by atoms with Crippen LogP contribution in [0.5, 0.6) is 0 Å². The second kappa shape index (κ2) is 8.34. The Kier molecular flexibility index (Phi) is 6.98. The van der Waals surface area contributed by atoms with E-state index in [9.17, 15) is 5.11 Å². The summed E-state index contributed by atoms with van der Waals surface area (Å²) in [6.07, 6.45) is 7.35. The molecule has 6 heteroatoms. The fourth-order valence-corrected chi connectivity index (χ4v) is 4.57. The number of aliphatic hydroxyl groups is 1. The maximum absolute atomic E-state index is 9.79. The SMILES string of the molecule is CCN=C(NC1CC(OCC)C12CCCC2)N1CC[C@@H](O)C1.I. The molecule has 2 N–H and O–H groups in total. The maximum atomic E-state index is 9.79. The third-order valence-corrected chi connectivity index (χ3v) is 5.76. The molecule has 0 bridgehead atoms. The number of guanidine groups is 1. The molecule has 3 fully saturated rings. The first-order valence-corrected chi connectivity index (χ1v) is 9.05. The smallest absolute Gasteiger partial charge is 0.194 e. The number of nitrogens with one attached hydrogen (secondary N) is 1. The number of aliphatic hydroxyl groups excluding tert-OH is 1. The van der Waals surface area contributed by atoms with Crippen LogP contribution in [0, 0.1) is 5.41 Å². The van der Waals surface area contributed by atoms with Gasteiger partial charge in [0.15, 0.2) is 5.96 Å². The summed E-state index contributed by atoms with van der Waals surface area (Å²) >= 11 is 0. The third-order valence-electron chi connectivity index (χ3n) is 5.76. The van der Waals surface area contributed by atoms with Gasteiger partial charge in [0.2, 0.25) is 0 Å². The van der Waals surface area contributed by atoms with E-state index in [2.05, 4.69) is 29.1 Å². The molecule has 0 aromatic carbocycles. The van der Waals surface area contributed by atoms with Crippen LogP contribution in [0.25, 0.3) is 0 Å². The summed E-state index contributed by atoms with van der Waals surface area (Å²) < 4.78 is 6.00. The molecule has 1 heterocycles. The van der Waals surface area contributed by atoms with Crippen LogP contribution < -0.4 is 5.32 Å². The van der Waals surface area contributed by atoms with Gasteiger partial charge in [0, 0.05) is 37.7 Å². The lowest BCUT2D eigenvalue weighted by Gasteiger charge is -2.54. The molecule has 2 saturated carbocycles. The number of aliphatic imine (C=N–C) groups is 1. The van der Waals surface area contributed by atoms with Crippen molar-refractivity contribution in [1.82, 2.24) is 10.2 Å². The molecule has 2 unspecified atom stereocenters. The summed E-state index contributed by atoms with van der Waals surface area (Å²) in [5.41, 5.74) is 0.322. The summed E-state index contributed by atoms with van der Waals surface area (Å²) in [5.74, 6) is 0.991. The average Bonchev–Trinajstić information content (AvgIpc) is 3.15. The summed E-state index contributed by atoms with van der Waals surface area (Å²) in [4.78, 5) is 6.88. The first-order chi connectivity index (χ1) is 10.7. The number of hydrogen-bond acceptors (Lipinski definition) is 3. The van der Waals surface area contributed by atoms with Gasteiger partial charge < -0.3 is 20.1 Å². The van der Waals surface area contributed by atoms with Gasteiger partial charge in [-0.25, -0.2) is 0 Å². The van der Waals surface area contributed by atoms with Crippen LogP contribution in [0.2, 0.25) is 0 Å². The lowest BCUT2D eigenvalue weighted by atomic mass is 9.60. The predicted molar refractivity (Wildman–Crippen MR) is 103 cm³/mol. The number of likely N-dealkylation sites (tertiary alicyclic amines) is 1.